The Morgan fingerprint density at radius 1 is 1.30 bits per heavy atom. The number of nitrogens with zero attached hydrogens (tertiary/aromatic N) is 5. The largest absolute Gasteiger partial charge is 0.472 e. The normalized spacial score (nSPS) is 24.0. The number of pyridine rings is 1. The zero-order valence-electron chi connectivity index (χ0n) is 18.7. The molecule has 3 aliphatic rings. The van der Waals surface area contributed by atoms with E-state index in [1.807, 2.05) is 24.4 Å². The summed E-state index contributed by atoms with van der Waals surface area (Å²) in [4.78, 5) is 22.5. The van der Waals surface area contributed by atoms with E-state index in [1.165, 1.54) is 16.8 Å². The summed E-state index contributed by atoms with van der Waals surface area (Å²) in [5, 5.41) is 4.10. The van der Waals surface area contributed by atoms with E-state index in [4.69, 9.17) is 14.5 Å². The molecule has 33 heavy (non-hydrogen) atoms. The SMILES string of the molecule is CC(C)Oc1nc(CC(=O)c2cnn3cccc(F)c23)cn2cc(C34COC(C)(C3)C4)nc12. The molecule has 4 aromatic heterocycles. The molecule has 0 radical (unpaired) electrons. The summed E-state index contributed by atoms with van der Waals surface area (Å²) >= 11 is 0. The zero-order chi connectivity index (χ0) is 23.0. The third-order valence-electron chi connectivity index (χ3n) is 6.60. The molecule has 0 spiro atoms. The number of halogens is 1. The lowest BCUT2D eigenvalue weighted by molar-refractivity contribution is 0.0154. The molecule has 0 amide bonds. The van der Waals surface area contributed by atoms with E-state index in [0.717, 1.165) is 18.5 Å². The zero-order valence-corrected chi connectivity index (χ0v) is 18.7. The van der Waals surface area contributed by atoms with E-state index in [9.17, 15) is 9.18 Å². The van der Waals surface area contributed by atoms with Gasteiger partial charge in [-0.1, -0.05) is 0 Å². The van der Waals surface area contributed by atoms with E-state index in [2.05, 4.69) is 17.0 Å². The predicted octanol–water partition coefficient (Wildman–Crippen LogP) is 3.55. The molecule has 2 aliphatic heterocycles. The monoisotopic (exact) mass is 449 g/mol. The molecule has 7 rings (SSSR count). The second-order valence-corrected chi connectivity index (χ2v) is 9.74. The molecule has 2 saturated heterocycles. The van der Waals surface area contributed by atoms with Crippen molar-refractivity contribution in [1.82, 2.24) is 24.0 Å². The topological polar surface area (TPSA) is 83.0 Å². The molecule has 4 aromatic rings. The first-order valence-electron chi connectivity index (χ1n) is 11.1. The highest BCUT2D eigenvalue weighted by atomic mass is 19.1. The Morgan fingerprint density at radius 2 is 2.12 bits per heavy atom. The van der Waals surface area contributed by atoms with Crippen molar-refractivity contribution < 1.29 is 18.7 Å². The van der Waals surface area contributed by atoms with E-state index in [-0.39, 0.29) is 40.4 Å². The quantitative estimate of drug-likeness (QED) is 0.419. The van der Waals surface area contributed by atoms with Crippen LogP contribution in [0.25, 0.3) is 11.2 Å². The number of hydrogen-bond acceptors (Lipinski definition) is 6. The lowest BCUT2D eigenvalue weighted by Gasteiger charge is -2.41. The molecule has 0 unspecified atom stereocenters. The van der Waals surface area contributed by atoms with Crippen LogP contribution in [0.15, 0.2) is 36.9 Å². The van der Waals surface area contributed by atoms with Crippen LogP contribution in [0, 0.1) is 5.82 Å². The number of carbonyl (C=O) groups excluding carboxylic acids is 1. The summed E-state index contributed by atoms with van der Waals surface area (Å²) in [6, 6.07) is 2.86. The molecular weight excluding hydrogens is 425 g/mol. The van der Waals surface area contributed by atoms with Gasteiger partial charge in [0.05, 0.1) is 47.9 Å². The van der Waals surface area contributed by atoms with Gasteiger partial charge in [-0.25, -0.2) is 18.9 Å². The molecule has 0 aromatic carbocycles. The van der Waals surface area contributed by atoms with Crippen LogP contribution < -0.4 is 4.74 Å². The van der Waals surface area contributed by atoms with Gasteiger partial charge in [-0.15, -0.1) is 0 Å². The van der Waals surface area contributed by atoms with Crippen LogP contribution in [0.1, 0.15) is 55.4 Å². The second kappa shape index (κ2) is 6.84. The maximum atomic E-state index is 14.3. The van der Waals surface area contributed by atoms with E-state index < -0.39 is 5.82 Å². The average molecular weight is 449 g/mol. The van der Waals surface area contributed by atoms with Crippen LogP contribution in [-0.2, 0) is 16.6 Å². The van der Waals surface area contributed by atoms with Crippen molar-refractivity contribution in [3.05, 3.63) is 59.7 Å². The predicted molar refractivity (Wildman–Crippen MR) is 117 cm³/mol. The van der Waals surface area contributed by atoms with Gasteiger partial charge in [0.25, 0.3) is 5.88 Å². The van der Waals surface area contributed by atoms with Gasteiger partial charge in [-0.05, 0) is 45.7 Å². The summed E-state index contributed by atoms with van der Waals surface area (Å²) in [5.41, 5.74) is 2.37. The van der Waals surface area contributed by atoms with Crippen molar-refractivity contribution in [2.24, 2.45) is 0 Å². The maximum Gasteiger partial charge on any atom is 0.258 e. The minimum absolute atomic E-state index is 0.0140. The lowest BCUT2D eigenvalue weighted by Crippen LogP contribution is -2.45. The Labute approximate surface area is 189 Å². The average Bonchev–Trinajstić information content (AvgIpc) is 3.48. The summed E-state index contributed by atoms with van der Waals surface area (Å²) in [6.45, 7) is 6.63. The van der Waals surface area contributed by atoms with Crippen LogP contribution in [0.2, 0.25) is 0 Å². The van der Waals surface area contributed by atoms with Crippen molar-refractivity contribution in [2.45, 2.75) is 57.2 Å². The fourth-order valence-corrected chi connectivity index (χ4v) is 5.28. The first-order valence-corrected chi connectivity index (χ1v) is 11.1. The minimum Gasteiger partial charge on any atom is -0.472 e. The third-order valence-corrected chi connectivity index (χ3v) is 6.60. The standard InChI is InChI=1S/C24H24FN5O3/c1-14(2)33-22-21-28-19(24-11-23(3,12-24)32-13-24)10-29(21)9-15(27-22)7-18(31)16-8-26-30-6-4-5-17(25)20(16)30/h4-6,8-10,14H,7,11-13H2,1-3H3. The van der Waals surface area contributed by atoms with E-state index in [0.29, 0.717) is 23.8 Å². The smallest absolute Gasteiger partial charge is 0.258 e. The van der Waals surface area contributed by atoms with Crippen molar-refractivity contribution in [1.29, 1.82) is 0 Å². The van der Waals surface area contributed by atoms with Gasteiger partial charge in [0.15, 0.2) is 5.78 Å². The molecule has 8 nitrogen and oxygen atoms in total. The molecule has 3 fully saturated rings. The highest BCUT2D eigenvalue weighted by Gasteiger charge is 2.61. The summed E-state index contributed by atoms with van der Waals surface area (Å²) < 4.78 is 29.5. The molecule has 9 heteroatoms. The Kier molecular flexibility index (Phi) is 4.20. The number of aromatic nitrogens is 5. The molecular formula is C24H24FN5O3. The fourth-order valence-electron chi connectivity index (χ4n) is 5.28. The van der Waals surface area contributed by atoms with Crippen molar-refractivity contribution in [3.63, 3.8) is 0 Å². The number of hydrogen-bond donors (Lipinski definition) is 0. The number of fused-ring (bicyclic) bond motifs is 3. The van der Waals surface area contributed by atoms with Gasteiger partial charge in [-0.2, -0.15) is 5.10 Å². The van der Waals surface area contributed by atoms with Crippen LogP contribution in [0.4, 0.5) is 4.39 Å². The highest BCUT2D eigenvalue weighted by Crippen LogP contribution is 2.58. The number of imidazole rings is 1. The number of ketones is 1. The Hall–Kier alpha value is -3.33. The van der Waals surface area contributed by atoms with Gasteiger partial charge < -0.3 is 13.9 Å². The second-order valence-electron chi connectivity index (χ2n) is 9.74. The van der Waals surface area contributed by atoms with Crippen LogP contribution >= 0.6 is 0 Å². The number of ether oxygens (including phenoxy) is 2. The minimum atomic E-state index is -0.490. The summed E-state index contributed by atoms with van der Waals surface area (Å²) in [7, 11) is 0. The van der Waals surface area contributed by atoms with Gasteiger partial charge >= 0.3 is 0 Å². The highest BCUT2D eigenvalue weighted by molar-refractivity contribution is 6.03. The number of Topliss-reactive ketones (excluding diaryl/α,β-unsaturated/α-hetero) is 1. The van der Waals surface area contributed by atoms with Crippen molar-refractivity contribution in [2.75, 3.05) is 6.61 Å². The third kappa shape index (κ3) is 3.13. The Morgan fingerprint density at radius 3 is 2.85 bits per heavy atom. The van der Waals surface area contributed by atoms with Crippen LogP contribution in [0.5, 0.6) is 5.88 Å². The molecule has 170 valence electrons. The van der Waals surface area contributed by atoms with Crippen molar-refractivity contribution in [3.8, 4) is 5.88 Å². The van der Waals surface area contributed by atoms with E-state index in [1.54, 1.807) is 18.5 Å². The van der Waals surface area contributed by atoms with Crippen LogP contribution in [-0.4, -0.2) is 48.1 Å². The molecule has 1 aliphatic carbocycles. The lowest BCUT2D eigenvalue weighted by atomic mass is 9.62. The Balaban J connectivity index is 1.38. The maximum absolute atomic E-state index is 14.3. The van der Waals surface area contributed by atoms with Crippen LogP contribution in [0.3, 0.4) is 0 Å². The molecule has 6 heterocycles. The molecule has 2 bridgehead atoms. The Bertz CT molecular complexity index is 1420. The van der Waals surface area contributed by atoms with Crippen molar-refractivity contribution >= 4 is 16.9 Å². The first kappa shape index (κ1) is 20.3. The fraction of sp³-hybridized carbons (Fsp3) is 0.417. The van der Waals surface area contributed by atoms with Gasteiger partial charge in [0, 0.05) is 24.0 Å². The first-order chi connectivity index (χ1) is 15.8. The van der Waals surface area contributed by atoms with Gasteiger partial charge in [0.2, 0.25) is 5.65 Å². The number of carbonyl (C=O) groups is 1. The molecule has 0 atom stereocenters. The summed E-state index contributed by atoms with van der Waals surface area (Å²) in [5.74, 6) is -0.379. The van der Waals surface area contributed by atoms with E-state index >= 15 is 0 Å². The number of rotatable bonds is 6. The summed E-state index contributed by atoms with van der Waals surface area (Å²) in [6.07, 6.45) is 8.56. The molecule has 0 N–H and O–H groups in total. The van der Waals surface area contributed by atoms with Gasteiger partial charge in [0.1, 0.15) is 11.3 Å². The van der Waals surface area contributed by atoms with Gasteiger partial charge in [-0.3, -0.25) is 4.79 Å². The molecule has 1 saturated carbocycles.